The van der Waals surface area contributed by atoms with E-state index < -0.39 is 0 Å². The summed E-state index contributed by atoms with van der Waals surface area (Å²) in [5.41, 5.74) is 4.93. The van der Waals surface area contributed by atoms with Crippen molar-refractivity contribution in [2.75, 3.05) is 16.0 Å². The van der Waals surface area contributed by atoms with Crippen LogP contribution in [0.15, 0.2) is 97.6 Å². The molecule has 6 nitrogen and oxygen atoms in total. The lowest BCUT2D eigenvalue weighted by Crippen LogP contribution is -2.12. The van der Waals surface area contributed by atoms with E-state index in [2.05, 4.69) is 25.9 Å². The van der Waals surface area contributed by atoms with Crippen molar-refractivity contribution in [2.24, 2.45) is 0 Å². The van der Waals surface area contributed by atoms with Crippen LogP contribution in [-0.4, -0.2) is 15.9 Å². The Balaban J connectivity index is 1.40. The van der Waals surface area contributed by atoms with Crippen molar-refractivity contribution in [2.45, 2.75) is 0 Å². The minimum atomic E-state index is -0.168. The zero-order chi connectivity index (χ0) is 19.9. The fourth-order valence-electron chi connectivity index (χ4n) is 2.78. The summed E-state index contributed by atoms with van der Waals surface area (Å²) in [4.78, 5) is 20.6. The van der Waals surface area contributed by atoms with E-state index in [1.54, 1.807) is 30.9 Å². The van der Waals surface area contributed by atoms with E-state index in [4.69, 9.17) is 0 Å². The first-order valence-electron chi connectivity index (χ1n) is 9.12. The molecule has 142 valence electrons. The maximum atomic E-state index is 12.6. The maximum Gasteiger partial charge on any atom is 0.255 e. The third kappa shape index (κ3) is 4.95. The minimum Gasteiger partial charge on any atom is -0.355 e. The molecule has 3 N–H and O–H groups in total. The molecular weight excluding hydrogens is 362 g/mol. The summed E-state index contributed by atoms with van der Waals surface area (Å²) >= 11 is 0. The lowest BCUT2D eigenvalue weighted by atomic mass is 10.1. The highest BCUT2D eigenvalue weighted by atomic mass is 16.1. The van der Waals surface area contributed by atoms with E-state index in [0.29, 0.717) is 5.56 Å². The molecule has 0 fully saturated rings. The fourth-order valence-corrected chi connectivity index (χ4v) is 2.78. The maximum absolute atomic E-state index is 12.6. The predicted molar refractivity (Wildman–Crippen MR) is 116 cm³/mol. The van der Waals surface area contributed by atoms with Crippen LogP contribution in [0.3, 0.4) is 0 Å². The zero-order valence-corrected chi connectivity index (χ0v) is 15.5. The van der Waals surface area contributed by atoms with Gasteiger partial charge >= 0.3 is 0 Å². The standard InChI is InChI=1S/C23H19N5O/c29-23(17-2-1-3-22(16-17)27-21-10-14-25-15-11-21)28-19-6-4-18(5-7-19)26-20-8-12-24-13-9-20/h1-16H,(H,24,26)(H,25,27)(H,28,29). The Morgan fingerprint density at radius 1 is 0.586 bits per heavy atom. The first-order valence-corrected chi connectivity index (χ1v) is 9.12. The SMILES string of the molecule is O=C(Nc1ccc(Nc2ccncc2)cc1)c1cccc(Nc2ccncc2)c1. The molecule has 0 spiro atoms. The van der Waals surface area contributed by atoms with Crippen LogP contribution in [0.1, 0.15) is 10.4 Å². The van der Waals surface area contributed by atoms with Gasteiger partial charge in [0.25, 0.3) is 5.91 Å². The van der Waals surface area contributed by atoms with Crippen molar-refractivity contribution in [3.8, 4) is 0 Å². The van der Waals surface area contributed by atoms with Gasteiger partial charge in [0, 0.05) is 58.8 Å². The zero-order valence-electron chi connectivity index (χ0n) is 15.5. The van der Waals surface area contributed by atoms with Gasteiger partial charge in [0.05, 0.1) is 0 Å². The second kappa shape index (κ2) is 8.67. The van der Waals surface area contributed by atoms with E-state index in [-0.39, 0.29) is 5.91 Å². The van der Waals surface area contributed by atoms with Gasteiger partial charge in [-0.25, -0.2) is 0 Å². The first kappa shape index (κ1) is 18.2. The van der Waals surface area contributed by atoms with Gasteiger partial charge in [-0.15, -0.1) is 0 Å². The number of benzene rings is 2. The molecule has 4 aromatic rings. The molecule has 0 saturated carbocycles. The van der Waals surface area contributed by atoms with Gasteiger partial charge in [-0.2, -0.15) is 0 Å². The largest absolute Gasteiger partial charge is 0.355 e. The highest BCUT2D eigenvalue weighted by molar-refractivity contribution is 6.05. The number of carbonyl (C=O) groups excluding carboxylic acids is 1. The van der Waals surface area contributed by atoms with Crippen LogP contribution in [0.5, 0.6) is 0 Å². The molecule has 2 heterocycles. The molecule has 2 aromatic heterocycles. The van der Waals surface area contributed by atoms with E-state index in [0.717, 1.165) is 28.4 Å². The van der Waals surface area contributed by atoms with Crippen LogP contribution in [0.4, 0.5) is 28.4 Å². The number of hydrogen-bond donors (Lipinski definition) is 3. The molecule has 0 aliphatic carbocycles. The molecule has 0 saturated heterocycles. The Hall–Kier alpha value is -4.19. The van der Waals surface area contributed by atoms with Crippen molar-refractivity contribution in [1.29, 1.82) is 0 Å². The summed E-state index contributed by atoms with van der Waals surface area (Å²) in [5.74, 6) is -0.168. The number of nitrogens with one attached hydrogen (secondary N) is 3. The van der Waals surface area contributed by atoms with Gasteiger partial charge in [0.2, 0.25) is 0 Å². The lowest BCUT2D eigenvalue weighted by Gasteiger charge is -2.10. The number of carbonyl (C=O) groups is 1. The van der Waals surface area contributed by atoms with Crippen molar-refractivity contribution in [1.82, 2.24) is 9.97 Å². The number of amides is 1. The Bertz CT molecular complexity index is 1080. The lowest BCUT2D eigenvalue weighted by molar-refractivity contribution is 0.102. The molecule has 0 bridgehead atoms. The van der Waals surface area contributed by atoms with Crippen molar-refractivity contribution < 1.29 is 4.79 Å². The summed E-state index contributed by atoms with van der Waals surface area (Å²) in [6.45, 7) is 0. The van der Waals surface area contributed by atoms with Gasteiger partial charge in [0.1, 0.15) is 0 Å². The summed E-state index contributed by atoms with van der Waals surface area (Å²) in [5, 5.41) is 9.47. The average Bonchev–Trinajstić information content (AvgIpc) is 2.77. The van der Waals surface area contributed by atoms with Gasteiger partial charge in [-0.3, -0.25) is 14.8 Å². The van der Waals surface area contributed by atoms with Gasteiger partial charge < -0.3 is 16.0 Å². The first-order chi connectivity index (χ1) is 14.3. The summed E-state index contributed by atoms with van der Waals surface area (Å²) in [6.07, 6.45) is 6.89. The number of aromatic nitrogens is 2. The monoisotopic (exact) mass is 381 g/mol. The van der Waals surface area contributed by atoms with Gasteiger partial charge in [-0.1, -0.05) is 6.07 Å². The quantitative estimate of drug-likeness (QED) is 0.427. The summed E-state index contributed by atoms with van der Waals surface area (Å²) in [7, 11) is 0. The number of nitrogens with zero attached hydrogens (tertiary/aromatic N) is 2. The topological polar surface area (TPSA) is 78.9 Å². The highest BCUT2D eigenvalue weighted by Crippen LogP contribution is 2.20. The Labute approximate surface area is 168 Å². The second-order valence-corrected chi connectivity index (χ2v) is 6.33. The van der Waals surface area contributed by atoms with Crippen molar-refractivity contribution >= 4 is 34.3 Å². The summed E-state index contributed by atoms with van der Waals surface area (Å²) in [6, 6.07) is 22.4. The Morgan fingerprint density at radius 3 is 1.72 bits per heavy atom. The van der Waals surface area contributed by atoms with Crippen LogP contribution in [0.2, 0.25) is 0 Å². The highest BCUT2D eigenvalue weighted by Gasteiger charge is 2.07. The molecule has 0 atom stereocenters. The van der Waals surface area contributed by atoms with Crippen LogP contribution in [0.25, 0.3) is 0 Å². The number of rotatable bonds is 6. The van der Waals surface area contributed by atoms with Crippen molar-refractivity contribution in [3.63, 3.8) is 0 Å². The molecular formula is C23H19N5O. The smallest absolute Gasteiger partial charge is 0.255 e. The Kier molecular flexibility index (Phi) is 5.43. The molecule has 0 unspecified atom stereocenters. The molecule has 6 heteroatoms. The van der Waals surface area contributed by atoms with Crippen LogP contribution < -0.4 is 16.0 Å². The van der Waals surface area contributed by atoms with E-state index in [9.17, 15) is 4.79 Å². The molecule has 1 amide bonds. The summed E-state index contributed by atoms with van der Waals surface area (Å²) < 4.78 is 0. The third-order valence-corrected chi connectivity index (χ3v) is 4.21. The molecule has 4 rings (SSSR count). The number of hydrogen-bond acceptors (Lipinski definition) is 5. The molecule has 2 aromatic carbocycles. The molecule has 0 aliphatic rings. The Morgan fingerprint density at radius 2 is 1.10 bits per heavy atom. The number of anilines is 5. The van der Waals surface area contributed by atoms with E-state index >= 15 is 0 Å². The van der Waals surface area contributed by atoms with E-state index in [1.807, 2.05) is 66.7 Å². The third-order valence-electron chi connectivity index (χ3n) is 4.21. The fraction of sp³-hybridized carbons (Fsp3) is 0. The van der Waals surface area contributed by atoms with E-state index in [1.165, 1.54) is 0 Å². The molecule has 0 aliphatic heterocycles. The van der Waals surface area contributed by atoms with Crippen LogP contribution in [0, 0.1) is 0 Å². The second-order valence-electron chi connectivity index (χ2n) is 6.33. The van der Waals surface area contributed by atoms with Gasteiger partial charge in [0.15, 0.2) is 0 Å². The van der Waals surface area contributed by atoms with Crippen molar-refractivity contribution in [3.05, 3.63) is 103 Å². The van der Waals surface area contributed by atoms with Crippen LogP contribution in [-0.2, 0) is 0 Å². The predicted octanol–water partition coefficient (Wildman–Crippen LogP) is 5.22. The number of pyridine rings is 2. The normalized spacial score (nSPS) is 10.2. The average molecular weight is 381 g/mol. The minimum absolute atomic E-state index is 0.168. The molecule has 29 heavy (non-hydrogen) atoms. The molecule has 0 radical (unpaired) electrons. The van der Waals surface area contributed by atoms with Crippen LogP contribution >= 0.6 is 0 Å². The van der Waals surface area contributed by atoms with Gasteiger partial charge in [-0.05, 0) is 66.7 Å².